The molecule has 7 nitrogen and oxygen atoms in total. The molecule has 4 aromatic rings. The Bertz CT molecular complexity index is 1450. The van der Waals surface area contributed by atoms with Crippen LogP contribution in [0, 0.1) is 0 Å². The van der Waals surface area contributed by atoms with Crippen LogP contribution in [-0.4, -0.2) is 35.2 Å². The Morgan fingerprint density at radius 2 is 1.78 bits per heavy atom. The van der Waals surface area contributed by atoms with Crippen LogP contribution in [-0.2, 0) is 24.2 Å². The Labute approximate surface area is 228 Å². The van der Waals surface area contributed by atoms with E-state index in [2.05, 4.69) is 33.2 Å². The van der Waals surface area contributed by atoms with Crippen LogP contribution in [0.1, 0.15) is 31.2 Å². The van der Waals surface area contributed by atoms with Crippen molar-refractivity contribution in [1.29, 1.82) is 0 Å². The third kappa shape index (κ3) is 6.22. The molecule has 0 atom stereocenters. The van der Waals surface area contributed by atoms with Crippen LogP contribution >= 0.6 is 27.3 Å². The van der Waals surface area contributed by atoms with E-state index >= 15 is 0 Å². The maximum Gasteiger partial charge on any atom is 0.263 e. The lowest BCUT2D eigenvalue weighted by Crippen LogP contribution is -2.33. The van der Waals surface area contributed by atoms with Crippen LogP contribution in [0.15, 0.2) is 58.1 Å². The number of fused-ring (bicyclic) bond motifs is 1. The number of nitrogens with zero attached hydrogens (tertiary/aromatic N) is 2. The van der Waals surface area contributed by atoms with Crippen LogP contribution in [0.4, 0.5) is 0 Å². The Morgan fingerprint density at radius 1 is 1.05 bits per heavy atom. The Balaban J connectivity index is 1.48. The van der Waals surface area contributed by atoms with Crippen molar-refractivity contribution in [2.75, 3.05) is 19.8 Å². The van der Waals surface area contributed by atoms with Gasteiger partial charge in [0.05, 0.1) is 24.9 Å². The molecule has 0 unspecified atom stereocenters. The molecule has 0 fully saturated rings. The highest BCUT2D eigenvalue weighted by Crippen LogP contribution is 2.36. The Morgan fingerprint density at radius 3 is 2.49 bits per heavy atom. The molecule has 2 aromatic carbocycles. The fourth-order valence-corrected chi connectivity index (χ4v) is 5.52. The molecule has 1 amide bonds. The quantitative estimate of drug-likeness (QED) is 0.248. The molecule has 0 radical (unpaired) electrons. The van der Waals surface area contributed by atoms with E-state index < -0.39 is 0 Å². The van der Waals surface area contributed by atoms with Crippen LogP contribution in [0.2, 0.25) is 0 Å². The normalized spacial score (nSPS) is 11.0. The van der Waals surface area contributed by atoms with Gasteiger partial charge in [-0.05, 0) is 62.1 Å². The molecule has 9 heteroatoms. The summed E-state index contributed by atoms with van der Waals surface area (Å²) in [6.07, 6.45) is 2.89. The molecule has 0 aliphatic carbocycles. The van der Waals surface area contributed by atoms with E-state index in [9.17, 15) is 9.59 Å². The van der Waals surface area contributed by atoms with Gasteiger partial charge in [0, 0.05) is 21.5 Å². The van der Waals surface area contributed by atoms with Crippen molar-refractivity contribution in [3.8, 4) is 22.6 Å². The van der Waals surface area contributed by atoms with Crippen LogP contribution in [0.3, 0.4) is 0 Å². The van der Waals surface area contributed by atoms with Crippen molar-refractivity contribution in [1.82, 2.24) is 14.9 Å². The molecule has 2 heterocycles. The molecule has 4 rings (SSSR count). The van der Waals surface area contributed by atoms with Crippen molar-refractivity contribution in [3.05, 3.63) is 74.1 Å². The van der Waals surface area contributed by atoms with E-state index in [1.165, 1.54) is 22.2 Å². The number of carbonyl (C=O) groups excluding carboxylic acids is 1. The Hall–Kier alpha value is -3.17. The summed E-state index contributed by atoms with van der Waals surface area (Å²) in [7, 11) is 0. The van der Waals surface area contributed by atoms with E-state index in [4.69, 9.17) is 9.47 Å². The van der Waals surface area contributed by atoms with Gasteiger partial charge in [-0.15, -0.1) is 11.3 Å². The molecule has 0 saturated carbocycles. The number of amides is 1. The number of hydrogen-bond donors (Lipinski definition) is 1. The predicted molar refractivity (Wildman–Crippen MR) is 152 cm³/mol. The first-order valence-corrected chi connectivity index (χ1v) is 14.0. The minimum Gasteiger partial charge on any atom is -0.490 e. The third-order valence-electron chi connectivity index (χ3n) is 5.86. The van der Waals surface area contributed by atoms with Crippen LogP contribution < -0.4 is 20.3 Å². The first-order valence-electron chi connectivity index (χ1n) is 12.4. The van der Waals surface area contributed by atoms with Crippen molar-refractivity contribution >= 4 is 43.4 Å². The molecular formula is C28H30BrN3O4S. The maximum absolute atomic E-state index is 13.4. The first-order chi connectivity index (χ1) is 17.9. The summed E-state index contributed by atoms with van der Waals surface area (Å²) in [6, 6.07) is 13.7. The fraction of sp³-hybridized carbons (Fsp3) is 0.321. The summed E-state index contributed by atoms with van der Waals surface area (Å²) < 4.78 is 13.7. The lowest BCUT2D eigenvalue weighted by atomic mass is 10.0. The summed E-state index contributed by atoms with van der Waals surface area (Å²) in [5.41, 5.74) is 2.69. The zero-order valence-electron chi connectivity index (χ0n) is 21.2. The van der Waals surface area contributed by atoms with Crippen molar-refractivity contribution in [2.24, 2.45) is 0 Å². The number of hydrogen-bond acceptors (Lipinski definition) is 6. The number of halogens is 1. The number of aromatic nitrogens is 2. The minimum absolute atomic E-state index is 0.0909. The van der Waals surface area contributed by atoms with Gasteiger partial charge in [0.25, 0.3) is 5.56 Å². The second-order valence-corrected chi connectivity index (χ2v) is 10.4. The average Bonchev–Trinajstić information content (AvgIpc) is 3.27. The molecule has 0 spiro atoms. The van der Waals surface area contributed by atoms with Crippen molar-refractivity contribution in [2.45, 2.75) is 40.2 Å². The molecule has 0 aliphatic rings. The third-order valence-corrected chi connectivity index (χ3v) is 7.63. The standard InChI is InChI=1S/C28H30BrN3O4S/c1-4-23-25(19-8-10-20(29)11-9-19)26-27(37-23)31-17-32(28(26)34)16-24(33)30-14-13-18-7-12-21(35-5-2)22(15-18)36-6-3/h7-12,15,17H,4-6,13-14,16H2,1-3H3,(H,30,33). The van der Waals surface area contributed by atoms with Gasteiger partial charge in [-0.25, -0.2) is 4.98 Å². The smallest absolute Gasteiger partial charge is 0.263 e. The molecule has 0 bridgehead atoms. The zero-order valence-corrected chi connectivity index (χ0v) is 23.6. The summed E-state index contributed by atoms with van der Waals surface area (Å²) in [4.78, 5) is 32.5. The van der Waals surface area contributed by atoms with Gasteiger partial charge in [-0.2, -0.15) is 0 Å². The SMILES string of the molecule is CCOc1ccc(CCNC(=O)Cn2cnc3sc(CC)c(-c4ccc(Br)cc4)c3c2=O)cc1OCC. The summed E-state index contributed by atoms with van der Waals surface area (Å²) in [5.74, 6) is 1.17. The number of rotatable bonds is 11. The lowest BCUT2D eigenvalue weighted by Gasteiger charge is -2.13. The van der Waals surface area contributed by atoms with E-state index in [1.54, 1.807) is 0 Å². The molecule has 194 valence electrons. The lowest BCUT2D eigenvalue weighted by molar-refractivity contribution is -0.121. The zero-order chi connectivity index (χ0) is 26.4. The van der Waals surface area contributed by atoms with Gasteiger partial charge in [0.2, 0.25) is 5.91 Å². The number of carbonyl (C=O) groups is 1. The monoisotopic (exact) mass is 583 g/mol. The number of nitrogens with one attached hydrogen (secondary N) is 1. The van der Waals surface area contributed by atoms with E-state index in [-0.39, 0.29) is 18.0 Å². The number of ether oxygens (including phenoxy) is 2. The number of benzene rings is 2. The van der Waals surface area contributed by atoms with Gasteiger partial charge >= 0.3 is 0 Å². The summed E-state index contributed by atoms with van der Waals surface area (Å²) in [6.45, 7) is 7.38. The van der Waals surface area contributed by atoms with Crippen molar-refractivity contribution in [3.63, 3.8) is 0 Å². The van der Waals surface area contributed by atoms with Crippen molar-refractivity contribution < 1.29 is 14.3 Å². The highest BCUT2D eigenvalue weighted by Gasteiger charge is 2.19. The molecular weight excluding hydrogens is 554 g/mol. The van der Waals surface area contributed by atoms with Gasteiger partial charge in [0.1, 0.15) is 11.4 Å². The highest BCUT2D eigenvalue weighted by atomic mass is 79.9. The average molecular weight is 585 g/mol. The minimum atomic E-state index is -0.240. The largest absolute Gasteiger partial charge is 0.490 e. The molecule has 2 aromatic heterocycles. The van der Waals surface area contributed by atoms with Gasteiger partial charge in [-0.3, -0.25) is 14.2 Å². The van der Waals surface area contributed by atoms with Crippen LogP contribution in [0.5, 0.6) is 11.5 Å². The van der Waals surface area contributed by atoms with E-state index in [1.807, 2.05) is 56.3 Å². The highest BCUT2D eigenvalue weighted by molar-refractivity contribution is 9.10. The first kappa shape index (κ1) is 26.9. The molecule has 37 heavy (non-hydrogen) atoms. The second kappa shape index (κ2) is 12.4. The Kier molecular flexibility index (Phi) is 9.00. The van der Waals surface area contributed by atoms with E-state index in [0.29, 0.717) is 47.9 Å². The van der Waals surface area contributed by atoms with Crippen LogP contribution in [0.25, 0.3) is 21.3 Å². The van der Waals surface area contributed by atoms with Gasteiger partial charge < -0.3 is 14.8 Å². The molecule has 1 N–H and O–H groups in total. The van der Waals surface area contributed by atoms with Gasteiger partial charge in [-0.1, -0.05) is 41.1 Å². The number of thiophene rings is 1. The maximum atomic E-state index is 13.4. The van der Waals surface area contributed by atoms with Gasteiger partial charge in [0.15, 0.2) is 11.5 Å². The van der Waals surface area contributed by atoms with E-state index in [0.717, 1.165) is 32.5 Å². The molecule has 0 saturated heterocycles. The summed E-state index contributed by atoms with van der Waals surface area (Å²) >= 11 is 5.00. The number of aryl methyl sites for hydroxylation is 1. The molecule has 0 aliphatic heterocycles. The fourth-order valence-electron chi connectivity index (χ4n) is 4.16. The topological polar surface area (TPSA) is 82.5 Å². The predicted octanol–water partition coefficient (Wildman–Crippen LogP) is 5.61. The summed E-state index contributed by atoms with van der Waals surface area (Å²) in [5, 5.41) is 3.48. The second-order valence-electron chi connectivity index (χ2n) is 8.37.